The number of carbonyl (C=O) groups excluding carboxylic acids is 5. The van der Waals surface area contributed by atoms with Crippen molar-refractivity contribution in [2.24, 2.45) is 11.5 Å². The molecule has 2 heterocycles. The average Bonchev–Trinajstić information content (AvgIpc) is 3.73. The number of fused-ring (bicyclic) bond motifs is 3. The van der Waals surface area contributed by atoms with Crippen LogP contribution in [0.3, 0.4) is 0 Å². The van der Waals surface area contributed by atoms with Crippen LogP contribution < -0.4 is 16.8 Å². The van der Waals surface area contributed by atoms with Gasteiger partial charge in [0, 0.05) is 5.92 Å². The second-order valence-corrected chi connectivity index (χ2v) is 19.3. The lowest BCUT2D eigenvalue weighted by Crippen LogP contribution is -2.69. The number of aliphatic hydroxyl groups excluding tert-OH is 2. The van der Waals surface area contributed by atoms with Gasteiger partial charge in [-0.05, 0) is 86.3 Å². The van der Waals surface area contributed by atoms with Crippen molar-refractivity contribution in [3.63, 3.8) is 0 Å². The highest BCUT2D eigenvalue weighted by atomic mass is 16.7. The number of nitrogens with two attached hydrogens (primary N) is 2. The van der Waals surface area contributed by atoms with Gasteiger partial charge in [0.25, 0.3) is 0 Å². The number of rotatable bonds is 17. The molecular weight excluding hydrogens is 971 g/mol. The fourth-order valence-corrected chi connectivity index (χ4v) is 9.15. The van der Waals surface area contributed by atoms with E-state index >= 15 is 0 Å². The normalized spacial score (nSPS) is 25.1. The standard InChI is InChI=1S/C56H61N3O16/c1-31(44(52(65)75-56(2,3)4)59-55(66)68-29-39-37-26-16-14-24-35(37)36-25-15-17-27-38(36)39)69-53-42(57)47(45(61)40(28-60)70-53)74-54-43(58)48(73-51(64)34-22-12-7-13-23-34)46(72-50(63)33-20-10-6-11-21-33)41(71-54)30-67-49(62)32-18-8-5-9-19-32/h5-27,31,39-48,53-54,60-61H,28-30,57-58H2,1-4H3,(H,59,66)/t31-,40-,41-,42-,43-,44+,45+,46-,47-,48-,53+,54+/m1/s1. The number of carbonyl (C=O) groups is 5. The van der Waals surface area contributed by atoms with Crippen molar-refractivity contribution in [1.82, 2.24) is 5.32 Å². The predicted molar refractivity (Wildman–Crippen MR) is 268 cm³/mol. The van der Waals surface area contributed by atoms with E-state index in [4.69, 9.17) is 54.1 Å². The van der Waals surface area contributed by atoms with E-state index in [2.05, 4.69) is 5.32 Å². The first-order valence-electron chi connectivity index (χ1n) is 24.5. The molecule has 1 aliphatic carbocycles. The number of aliphatic hydroxyl groups is 2. The zero-order valence-electron chi connectivity index (χ0n) is 41.7. The van der Waals surface area contributed by atoms with E-state index in [1.165, 1.54) is 43.3 Å². The van der Waals surface area contributed by atoms with Gasteiger partial charge in [0.2, 0.25) is 0 Å². The van der Waals surface area contributed by atoms with E-state index in [9.17, 15) is 34.2 Å². The number of nitrogens with one attached hydrogen (secondary N) is 1. The van der Waals surface area contributed by atoms with Gasteiger partial charge >= 0.3 is 30.0 Å². The van der Waals surface area contributed by atoms with Gasteiger partial charge in [-0.25, -0.2) is 24.0 Å². The lowest BCUT2D eigenvalue weighted by Gasteiger charge is -2.48. The maximum atomic E-state index is 13.9. The van der Waals surface area contributed by atoms with Gasteiger partial charge in [-0.3, -0.25) is 0 Å². The Morgan fingerprint density at radius 2 is 1.09 bits per heavy atom. The Bertz CT molecular complexity index is 2720. The summed E-state index contributed by atoms with van der Waals surface area (Å²) in [5.74, 6) is -3.66. The lowest BCUT2D eigenvalue weighted by atomic mass is 9.94. The van der Waals surface area contributed by atoms with Crippen LogP contribution in [0.4, 0.5) is 4.79 Å². The molecule has 0 bridgehead atoms. The van der Waals surface area contributed by atoms with Crippen LogP contribution in [0.1, 0.15) is 75.8 Å². The number of benzene rings is 5. The highest BCUT2D eigenvalue weighted by Gasteiger charge is 2.54. The maximum absolute atomic E-state index is 13.9. The van der Waals surface area contributed by atoms with Gasteiger partial charge in [0.15, 0.2) is 30.8 Å². The molecule has 7 N–H and O–H groups in total. The molecule has 5 aromatic carbocycles. The van der Waals surface area contributed by atoms with Crippen LogP contribution in [0.25, 0.3) is 11.1 Å². The Labute approximate surface area is 433 Å². The Morgan fingerprint density at radius 1 is 0.613 bits per heavy atom. The van der Waals surface area contributed by atoms with Gasteiger partial charge in [0.05, 0.1) is 41.5 Å². The molecule has 0 radical (unpaired) electrons. The van der Waals surface area contributed by atoms with Crippen molar-refractivity contribution in [1.29, 1.82) is 0 Å². The number of amides is 1. The van der Waals surface area contributed by atoms with Gasteiger partial charge < -0.3 is 69.6 Å². The highest BCUT2D eigenvalue weighted by molar-refractivity contribution is 5.91. The molecule has 2 saturated heterocycles. The van der Waals surface area contributed by atoms with Crippen molar-refractivity contribution >= 4 is 30.0 Å². The van der Waals surface area contributed by atoms with Crippen LogP contribution in [0.5, 0.6) is 0 Å². The monoisotopic (exact) mass is 1030 g/mol. The van der Waals surface area contributed by atoms with Crippen molar-refractivity contribution < 1.29 is 76.8 Å². The van der Waals surface area contributed by atoms with Crippen LogP contribution in [-0.2, 0) is 47.4 Å². The molecule has 2 aliphatic heterocycles. The van der Waals surface area contributed by atoms with Crippen molar-refractivity contribution in [2.45, 2.75) is 113 Å². The topological polar surface area (TPSA) is 273 Å². The molecule has 75 heavy (non-hydrogen) atoms. The number of hydrogen-bond acceptors (Lipinski definition) is 18. The van der Waals surface area contributed by atoms with Crippen LogP contribution in [0.2, 0.25) is 0 Å². The zero-order valence-corrected chi connectivity index (χ0v) is 41.7. The molecule has 8 rings (SSSR count). The second-order valence-electron chi connectivity index (χ2n) is 19.3. The Kier molecular flexibility index (Phi) is 17.4. The summed E-state index contributed by atoms with van der Waals surface area (Å²) in [4.78, 5) is 68.4. The zero-order chi connectivity index (χ0) is 53.4. The minimum Gasteiger partial charge on any atom is -0.459 e. The predicted octanol–water partition coefficient (Wildman–Crippen LogP) is 4.79. The fourth-order valence-electron chi connectivity index (χ4n) is 9.15. The molecule has 12 atom stereocenters. The molecule has 3 aliphatic rings. The van der Waals surface area contributed by atoms with E-state index in [-0.39, 0.29) is 29.2 Å². The molecular formula is C56H61N3O16. The summed E-state index contributed by atoms with van der Waals surface area (Å²) in [5.41, 5.74) is 17.1. The van der Waals surface area contributed by atoms with Crippen molar-refractivity contribution in [2.75, 3.05) is 19.8 Å². The summed E-state index contributed by atoms with van der Waals surface area (Å²) in [5, 5.41) is 24.8. The third kappa shape index (κ3) is 12.9. The van der Waals surface area contributed by atoms with Crippen LogP contribution in [-0.4, -0.2) is 139 Å². The smallest absolute Gasteiger partial charge is 0.407 e. The van der Waals surface area contributed by atoms with Crippen LogP contribution in [0.15, 0.2) is 140 Å². The first-order valence-corrected chi connectivity index (χ1v) is 24.5. The molecule has 0 unspecified atom stereocenters. The molecule has 5 aromatic rings. The van der Waals surface area contributed by atoms with Gasteiger partial charge in [0.1, 0.15) is 43.2 Å². The number of hydrogen-bond donors (Lipinski definition) is 5. The van der Waals surface area contributed by atoms with Crippen molar-refractivity contribution in [3.8, 4) is 11.1 Å². The summed E-state index contributed by atoms with van der Waals surface area (Å²) in [7, 11) is 0. The number of alkyl carbamates (subject to hydrolysis) is 1. The number of esters is 4. The van der Waals surface area contributed by atoms with Gasteiger partial charge in [-0.15, -0.1) is 0 Å². The third-order valence-corrected chi connectivity index (χ3v) is 12.9. The average molecular weight is 1030 g/mol. The van der Waals surface area contributed by atoms with Gasteiger partial charge in [-0.1, -0.05) is 103 Å². The molecule has 19 heteroatoms. The Hall–Kier alpha value is -7.07. The fraction of sp³-hybridized carbons (Fsp3) is 0.375. The number of ether oxygens (including phenoxy) is 9. The van der Waals surface area contributed by atoms with E-state index in [0.29, 0.717) is 0 Å². The molecule has 19 nitrogen and oxygen atoms in total. The van der Waals surface area contributed by atoms with E-state index < -0.39 is 122 Å². The quantitative estimate of drug-likeness (QED) is 0.0619. The molecule has 1 amide bonds. The Morgan fingerprint density at radius 3 is 1.63 bits per heavy atom. The summed E-state index contributed by atoms with van der Waals surface area (Å²) < 4.78 is 54.2. The highest BCUT2D eigenvalue weighted by Crippen LogP contribution is 2.44. The summed E-state index contributed by atoms with van der Waals surface area (Å²) in [6.07, 6.45) is -14.8. The molecule has 0 aromatic heterocycles. The van der Waals surface area contributed by atoms with Crippen LogP contribution in [0, 0.1) is 0 Å². The SMILES string of the molecule is C[C@@H](O[C@H]1O[C@H](CO)[C@H](O)[C@H](O[C@@H]2O[C@H](COC(=O)c3ccccc3)[C@@H](OC(=O)c3ccccc3)[C@H](OC(=O)c3ccccc3)[C@H]2N)[C@H]1N)[C@H](NC(=O)OCC1c2ccccc2-c2ccccc21)C(=O)OC(C)(C)C. The molecule has 0 spiro atoms. The molecule has 0 saturated carbocycles. The minimum atomic E-state index is -1.70. The molecule has 396 valence electrons. The summed E-state index contributed by atoms with van der Waals surface area (Å²) in [6.45, 7) is 4.94. The largest absolute Gasteiger partial charge is 0.459 e. The van der Waals surface area contributed by atoms with Crippen LogP contribution >= 0.6 is 0 Å². The Balaban J connectivity index is 1.03. The third-order valence-electron chi connectivity index (χ3n) is 12.9. The van der Waals surface area contributed by atoms with Gasteiger partial charge in [-0.2, -0.15) is 0 Å². The summed E-state index contributed by atoms with van der Waals surface area (Å²) >= 11 is 0. The summed E-state index contributed by atoms with van der Waals surface area (Å²) in [6, 6.07) is 35.0. The van der Waals surface area contributed by atoms with E-state index in [0.717, 1.165) is 22.3 Å². The first kappa shape index (κ1) is 54.2. The van der Waals surface area contributed by atoms with Crippen molar-refractivity contribution in [3.05, 3.63) is 167 Å². The van der Waals surface area contributed by atoms with E-state index in [1.807, 2.05) is 48.5 Å². The molecule has 2 fully saturated rings. The lowest BCUT2D eigenvalue weighted by molar-refractivity contribution is -0.327. The second kappa shape index (κ2) is 24.1. The maximum Gasteiger partial charge on any atom is 0.407 e. The minimum absolute atomic E-state index is 0.0634. The first-order chi connectivity index (χ1) is 36.0. The van der Waals surface area contributed by atoms with E-state index in [1.54, 1.807) is 75.4 Å².